The van der Waals surface area contributed by atoms with Crippen molar-refractivity contribution < 1.29 is 9.47 Å². The summed E-state index contributed by atoms with van der Waals surface area (Å²) in [6.45, 7) is 1.39. The summed E-state index contributed by atoms with van der Waals surface area (Å²) in [5.74, 6) is 3.30. The van der Waals surface area contributed by atoms with Gasteiger partial charge in [-0.25, -0.2) is 0 Å². The molecule has 1 aromatic rings. The first kappa shape index (κ1) is 12.9. The highest BCUT2D eigenvalue weighted by molar-refractivity contribution is 8.09. The van der Waals surface area contributed by atoms with Crippen LogP contribution >= 0.6 is 23.5 Å². The Balaban J connectivity index is 1.75. The second-order valence-electron chi connectivity index (χ2n) is 3.64. The van der Waals surface area contributed by atoms with E-state index in [1.807, 2.05) is 47.8 Å². The Bertz CT molecular complexity index is 374. The van der Waals surface area contributed by atoms with Crippen LogP contribution in [-0.4, -0.2) is 25.2 Å². The topological polar surface area (TPSA) is 18.5 Å². The van der Waals surface area contributed by atoms with Gasteiger partial charge in [0.2, 0.25) is 0 Å². The molecule has 0 N–H and O–H groups in total. The van der Waals surface area contributed by atoms with Gasteiger partial charge in [-0.2, -0.15) is 0 Å². The van der Waals surface area contributed by atoms with E-state index in [4.69, 9.17) is 9.47 Å². The Morgan fingerprint density at radius 1 is 1.12 bits per heavy atom. The summed E-state index contributed by atoms with van der Waals surface area (Å²) >= 11 is 3.77. The molecule has 0 saturated heterocycles. The first-order chi connectivity index (χ1) is 8.38. The zero-order valence-electron chi connectivity index (χ0n) is 9.85. The van der Waals surface area contributed by atoms with Crippen LogP contribution < -0.4 is 4.74 Å². The fraction of sp³-hybridized carbons (Fsp3) is 0.385. The van der Waals surface area contributed by atoms with E-state index in [9.17, 15) is 0 Å². The molecule has 0 unspecified atom stereocenters. The van der Waals surface area contributed by atoms with Crippen molar-refractivity contribution in [1.29, 1.82) is 0 Å². The SMILES string of the molecule is COc1ccc(COCC2=CSCCS2)cc1. The number of hydrogen-bond acceptors (Lipinski definition) is 4. The monoisotopic (exact) mass is 268 g/mol. The van der Waals surface area contributed by atoms with E-state index in [2.05, 4.69) is 5.41 Å². The molecule has 0 fully saturated rings. The largest absolute Gasteiger partial charge is 0.497 e. The molecular weight excluding hydrogens is 252 g/mol. The molecule has 17 heavy (non-hydrogen) atoms. The lowest BCUT2D eigenvalue weighted by atomic mass is 10.2. The molecule has 4 heteroatoms. The molecule has 2 nitrogen and oxygen atoms in total. The molecule has 0 atom stereocenters. The van der Waals surface area contributed by atoms with Crippen molar-refractivity contribution in [2.24, 2.45) is 0 Å². The van der Waals surface area contributed by atoms with Crippen LogP contribution in [0.25, 0.3) is 0 Å². The van der Waals surface area contributed by atoms with Crippen LogP contribution in [0, 0.1) is 0 Å². The first-order valence-electron chi connectivity index (χ1n) is 5.52. The van der Waals surface area contributed by atoms with Gasteiger partial charge in [-0.15, -0.1) is 23.5 Å². The van der Waals surface area contributed by atoms with Crippen molar-refractivity contribution in [2.45, 2.75) is 6.61 Å². The molecule has 0 radical (unpaired) electrons. The number of benzene rings is 1. The predicted octanol–water partition coefficient (Wildman–Crippen LogP) is 3.53. The lowest BCUT2D eigenvalue weighted by molar-refractivity contribution is 0.147. The lowest BCUT2D eigenvalue weighted by Gasteiger charge is -2.12. The van der Waals surface area contributed by atoms with E-state index >= 15 is 0 Å². The van der Waals surface area contributed by atoms with Crippen molar-refractivity contribution in [1.82, 2.24) is 0 Å². The number of hydrogen-bond donors (Lipinski definition) is 0. The molecule has 0 amide bonds. The molecule has 1 aromatic carbocycles. The molecule has 0 bridgehead atoms. The van der Waals surface area contributed by atoms with Gasteiger partial charge in [0.25, 0.3) is 0 Å². The summed E-state index contributed by atoms with van der Waals surface area (Å²) in [5, 5.41) is 2.21. The maximum atomic E-state index is 5.69. The standard InChI is InChI=1S/C13H16O2S2/c1-14-12-4-2-11(3-5-12)8-15-9-13-10-16-6-7-17-13/h2-5,10H,6-9H2,1H3. The fourth-order valence-corrected chi connectivity index (χ4v) is 3.47. The third kappa shape index (κ3) is 4.30. The average Bonchev–Trinajstić information content (AvgIpc) is 2.41. The van der Waals surface area contributed by atoms with Crippen LogP contribution in [0.1, 0.15) is 5.56 Å². The minimum absolute atomic E-state index is 0.659. The number of ether oxygens (including phenoxy) is 2. The van der Waals surface area contributed by atoms with Gasteiger partial charge in [0.1, 0.15) is 5.75 Å². The molecule has 1 aliphatic heterocycles. The summed E-state index contributed by atoms with van der Waals surface area (Å²) in [6, 6.07) is 8.00. The highest BCUT2D eigenvalue weighted by atomic mass is 32.2. The number of rotatable bonds is 5. The second kappa shape index (κ2) is 6.99. The Morgan fingerprint density at radius 3 is 2.59 bits per heavy atom. The van der Waals surface area contributed by atoms with Crippen molar-refractivity contribution in [3.8, 4) is 5.75 Å². The van der Waals surface area contributed by atoms with Gasteiger partial charge in [-0.05, 0) is 23.1 Å². The van der Waals surface area contributed by atoms with E-state index in [0.29, 0.717) is 6.61 Å². The molecule has 0 aliphatic carbocycles. The van der Waals surface area contributed by atoms with Gasteiger partial charge in [-0.1, -0.05) is 12.1 Å². The zero-order chi connectivity index (χ0) is 11.9. The lowest BCUT2D eigenvalue weighted by Crippen LogP contribution is -2.00. The summed E-state index contributed by atoms with van der Waals surface area (Å²) in [4.78, 5) is 1.34. The third-order valence-electron chi connectivity index (χ3n) is 2.38. The van der Waals surface area contributed by atoms with Crippen LogP contribution in [0.5, 0.6) is 5.75 Å². The van der Waals surface area contributed by atoms with Crippen molar-refractivity contribution >= 4 is 23.5 Å². The van der Waals surface area contributed by atoms with Gasteiger partial charge in [0.15, 0.2) is 0 Å². The molecule has 0 spiro atoms. The Hall–Kier alpha value is -0.580. The summed E-state index contributed by atoms with van der Waals surface area (Å²) in [7, 11) is 1.68. The molecule has 2 rings (SSSR count). The fourth-order valence-electron chi connectivity index (χ4n) is 1.47. The van der Waals surface area contributed by atoms with Crippen LogP contribution in [0.2, 0.25) is 0 Å². The minimum atomic E-state index is 0.659. The Morgan fingerprint density at radius 2 is 1.94 bits per heavy atom. The summed E-state index contributed by atoms with van der Waals surface area (Å²) < 4.78 is 10.8. The maximum absolute atomic E-state index is 5.69. The first-order valence-corrected chi connectivity index (χ1v) is 7.56. The van der Waals surface area contributed by atoms with Crippen LogP contribution in [-0.2, 0) is 11.3 Å². The van der Waals surface area contributed by atoms with E-state index in [-0.39, 0.29) is 0 Å². The van der Waals surface area contributed by atoms with Gasteiger partial charge in [0.05, 0.1) is 20.3 Å². The zero-order valence-corrected chi connectivity index (χ0v) is 11.5. The van der Waals surface area contributed by atoms with Crippen LogP contribution in [0.4, 0.5) is 0 Å². The smallest absolute Gasteiger partial charge is 0.118 e. The highest BCUT2D eigenvalue weighted by Crippen LogP contribution is 2.26. The third-order valence-corrected chi connectivity index (χ3v) is 4.69. The van der Waals surface area contributed by atoms with Crippen molar-refractivity contribution in [3.05, 3.63) is 40.1 Å². The van der Waals surface area contributed by atoms with Gasteiger partial charge >= 0.3 is 0 Å². The Labute approximate surface area is 111 Å². The predicted molar refractivity (Wildman–Crippen MR) is 75.6 cm³/mol. The van der Waals surface area contributed by atoms with Crippen LogP contribution in [0.3, 0.4) is 0 Å². The van der Waals surface area contributed by atoms with Crippen molar-refractivity contribution in [3.63, 3.8) is 0 Å². The molecule has 1 aliphatic rings. The molecular formula is C13H16O2S2. The average molecular weight is 268 g/mol. The normalized spacial score (nSPS) is 15.5. The maximum Gasteiger partial charge on any atom is 0.118 e. The number of thioether (sulfide) groups is 2. The highest BCUT2D eigenvalue weighted by Gasteiger charge is 2.04. The second-order valence-corrected chi connectivity index (χ2v) is 5.84. The van der Waals surface area contributed by atoms with E-state index in [1.165, 1.54) is 22.0 Å². The molecule has 92 valence electrons. The summed E-state index contributed by atoms with van der Waals surface area (Å²) in [5.41, 5.74) is 1.18. The van der Waals surface area contributed by atoms with E-state index in [0.717, 1.165) is 12.4 Å². The van der Waals surface area contributed by atoms with Gasteiger partial charge in [0, 0.05) is 16.4 Å². The van der Waals surface area contributed by atoms with Crippen molar-refractivity contribution in [2.75, 3.05) is 25.2 Å². The van der Waals surface area contributed by atoms with Crippen LogP contribution in [0.15, 0.2) is 34.6 Å². The quantitative estimate of drug-likeness (QED) is 0.813. The summed E-state index contributed by atoms with van der Waals surface area (Å²) in [6.07, 6.45) is 0. The van der Waals surface area contributed by atoms with Gasteiger partial charge < -0.3 is 9.47 Å². The molecule has 0 saturated carbocycles. The van der Waals surface area contributed by atoms with E-state index < -0.39 is 0 Å². The van der Waals surface area contributed by atoms with E-state index in [1.54, 1.807) is 7.11 Å². The Kier molecular flexibility index (Phi) is 5.29. The minimum Gasteiger partial charge on any atom is -0.497 e. The molecule has 0 aromatic heterocycles. The van der Waals surface area contributed by atoms with Gasteiger partial charge in [-0.3, -0.25) is 0 Å². The number of methoxy groups -OCH3 is 1. The molecule has 1 heterocycles.